The van der Waals surface area contributed by atoms with E-state index in [4.69, 9.17) is 0 Å². The van der Waals surface area contributed by atoms with Gasteiger partial charge < -0.3 is 5.32 Å². The largest absolute Gasteiger partial charge is 0.352 e. The number of hydrogen-bond acceptors (Lipinski definition) is 1. The highest BCUT2D eigenvalue weighted by Gasteiger charge is 2.25. The third-order valence-corrected chi connectivity index (χ3v) is 5.47. The topological polar surface area (TPSA) is 29.1 Å². The molecule has 1 amide bonds. The van der Waals surface area contributed by atoms with Crippen LogP contribution in [0.2, 0.25) is 0 Å². The summed E-state index contributed by atoms with van der Waals surface area (Å²) in [7, 11) is 0. The van der Waals surface area contributed by atoms with E-state index in [0.29, 0.717) is 22.9 Å². The summed E-state index contributed by atoms with van der Waals surface area (Å²) in [6, 6.07) is 4.57. The number of halogens is 3. The van der Waals surface area contributed by atoms with E-state index in [1.54, 1.807) is 12.1 Å². The van der Waals surface area contributed by atoms with E-state index in [1.165, 1.54) is 25.3 Å². The first kappa shape index (κ1) is 16.0. The van der Waals surface area contributed by atoms with E-state index in [9.17, 15) is 9.18 Å². The van der Waals surface area contributed by atoms with E-state index in [-0.39, 0.29) is 11.5 Å². The summed E-state index contributed by atoms with van der Waals surface area (Å²) in [6.45, 7) is 0.621. The summed E-state index contributed by atoms with van der Waals surface area (Å²) in [5, 5.41) is 3.85. The Morgan fingerprint density at radius 3 is 2.65 bits per heavy atom. The minimum atomic E-state index is -0.488. The van der Waals surface area contributed by atoms with Crippen LogP contribution in [0.1, 0.15) is 36.0 Å². The highest BCUT2D eigenvalue weighted by atomic mass is 79.9. The fraction of sp³-hybridized carbons (Fsp3) is 0.533. The number of benzene rings is 1. The fourth-order valence-corrected chi connectivity index (χ4v) is 4.16. The molecule has 1 aliphatic rings. The molecule has 5 heteroatoms. The normalized spacial score (nSPS) is 22.6. The summed E-state index contributed by atoms with van der Waals surface area (Å²) in [4.78, 5) is 12.1. The van der Waals surface area contributed by atoms with Gasteiger partial charge in [0.15, 0.2) is 0 Å². The van der Waals surface area contributed by atoms with Crippen molar-refractivity contribution in [1.29, 1.82) is 0 Å². The van der Waals surface area contributed by atoms with E-state index in [0.717, 1.165) is 11.8 Å². The molecule has 1 aromatic carbocycles. The van der Waals surface area contributed by atoms with Crippen molar-refractivity contribution in [3.63, 3.8) is 0 Å². The van der Waals surface area contributed by atoms with Gasteiger partial charge in [0, 0.05) is 16.3 Å². The van der Waals surface area contributed by atoms with Gasteiger partial charge in [-0.2, -0.15) is 0 Å². The molecule has 2 atom stereocenters. The Morgan fingerprint density at radius 2 is 2.00 bits per heavy atom. The van der Waals surface area contributed by atoms with Crippen LogP contribution in [-0.4, -0.2) is 17.8 Å². The third kappa shape index (κ3) is 3.82. The molecule has 0 bridgehead atoms. The Morgan fingerprint density at radius 1 is 1.30 bits per heavy atom. The maximum Gasteiger partial charge on any atom is 0.255 e. The smallest absolute Gasteiger partial charge is 0.255 e. The summed E-state index contributed by atoms with van der Waals surface area (Å²) >= 11 is 6.78. The van der Waals surface area contributed by atoms with Crippen molar-refractivity contribution in [1.82, 2.24) is 5.32 Å². The number of rotatable bonds is 4. The summed E-state index contributed by atoms with van der Waals surface area (Å²) in [5.74, 6) is 0.261. The standard InChI is InChI=1S/C15H18Br2FNO/c16-8-10-4-1-2-5-11(10)9-19-15(20)14-12(17)6-3-7-13(14)18/h3,6-7,10-11H,1-2,4-5,8-9H2,(H,19,20). The molecule has 0 aliphatic heterocycles. The number of hydrogen-bond donors (Lipinski definition) is 1. The zero-order valence-corrected chi connectivity index (χ0v) is 14.3. The van der Waals surface area contributed by atoms with Gasteiger partial charge in [-0.15, -0.1) is 0 Å². The highest BCUT2D eigenvalue weighted by Crippen LogP contribution is 2.31. The average molecular weight is 407 g/mol. The maximum absolute atomic E-state index is 13.7. The summed E-state index contributed by atoms with van der Waals surface area (Å²) in [6.07, 6.45) is 4.82. The van der Waals surface area contributed by atoms with Gasteiger partial charge in [-0.25, -0.2) is 4.39 Å². The second kappa shape index (κ2) is 7.55. The van der Waals surface area contributed by atoms with Crippen LogP contribution in [0.4, 0.5) is 4.39 Å². The van der Waals surface area contributed by atoms with Crippen LogP contribution in [0.25, 0.3) is 0 Å². The zero-order chi connectivity index (χ0) is 14.5. The van der Waals surface area contributed by atoms with Gasteiger partial charge in [-0.1, -0.05) is 34.8 Å². The number of nitrogens with one attached hydrogen (secondary N) is 1. The molecule has 0 aromatic heterocycles. The van der Waals surface area contributed by atoms with Gasteiger partial charge in [0.25, 0.3) is 5.91 Å². The predicted molar refractivity (Wildman–Crippen MR) is 85.7 cm³/mol. The number of carbonyl (C=O) groups excluding carboxylic acids is 1. The molecule has 0 spiro atoms. The molecular formula is C15H18Br2FNO. The van der Waals surface area contributed by atoms with Crippen LogP contribution < -0.4 is 5.32 Å². The molecule has 2 unspecified atom stereocenters. The lowest BCUT2D eigenvalue weighted by Gasteiger charge is -2.30. The molecule has 0 heterocycles. The zero-order valence-electron chi connectivity index (χ0n) is 11.2. The van der Waals surface area contributed by atoms with E-state index in [1.807, 2.05) is 0 Å². The van der Waals surface area contributed by atoms with Crippen molar-refractivity contribution in [2.75, 3.05) is 11.9 Å². The van der Waals surface area contributed by atoms with Gasteiger partial charge in [0.2, 0.25) is 0 Å². The molecule has 1 saturated carbocycles. The van der Waals surface area contributed by atoms with Crippen LogP contribution in [0.15, 0.2) is 22.7 Å². The van der Waals surface area contributed by atoms with Gasteiger partial charge in [-0.05, 0) is 52.7 Å². The van der Waals surface area contributed by atoms with Gasteiger partial charge >= 0.3 is 0 Å². The molecule has 1 aliphatic carbocycles. The Bertz CT molecular complexity index is 461. The van der Waals surface area contributed by atoms with Gasteiger partial charge in [0.05, 0.1) is 5.56 Å². The summed E-state index contributed by atoms with van der Waals surface area (Å²) < 4.78 is 14.2. The van der Waals surface area contributed by atoms with Crippen LogP contribution >= 0.6 is 31.9 Å². The first-order valence-electron chi connectivity index (χ1n) is 6.91. The Labute approximate surface area is 135 Å². The number of carbonyl (C=O) groups is 1. The molecule has 110 valence electrons. The first-order chi connectivity index (χ1) is 9.63. The molecule has 2 nitrogen and oxygen atoms in total. The number of alkyl halides is 1. The first-order valence-corrected chi connectivity index (χ1v) is 8.83. The molecule has 20 heavy (non-hydrogen) atoms. The van der Waals surface area contributed by atoms with Crippen molar-refractivity contribution < 1.29 is 9.18 Å². The van der Waals surface area contributed by atoms with Crippen molar-refractivity contribution >= 4 is 37.8 Å². The van der Waals surface area contributed by atoms with E-state index in [2.05, 4.69) is 37.2 Å². The Kier molecular flexibility index (Phi) is 6.02. The lowest BCUT2D eigenvalue weighted by Crippen LogP contribution is -2.35. The molecule has 0 saturated heterocycles. The quantitative estimate of drug-likeness (QED) is 0.731. The summed E-state index contributed by atoms with van der Waals surface area (Å²) in [5.41, 5.74) is 0.0960. The van der Waals surface area contributed by atoms with Gasteiger partial charge in [-0.3, -0.25) is 4.79 Å². The SMILES string of the molecule is O=C(NCC1CCCCC1CBr)c1c(F)cccc1Br. The lowest BCUT2D eigenvalue weighted by molar-refractivity contribution is 0.0932. The average Bonchev–Trinajstić information content (AvgIpc) is 2.45. The molecular weight excluding hydrogens is 389 g/mol. The van der Waals surface area contributed by atoms with Crippen molar-refractivity contribution in [2.45, 2.75) is 25.7 Å². The molecule has 1 aromatic rings. The van der Waals surface area contributed by atoms with Crippen LogP contribution in [0, 0.1) is 17.7 Å². The second-order valence-electron chi connectivity index (χ2n) is 5.27. The van der Waals surface area contributed by atoms with Crippen molar-refractivity contribution in [2.24, 2.45) is 11.8 Å². The van der Waals surface area contributed by atoms with Crippen LogP contribution in [0.3, 0.4) is 0 Å². The molecule has 1 N–H and O–H groups in total. The molecule has 1 fully saturated rings. The minimum absolute atomic E-state index is 0.0960. The second-order valence-corrected chi connectivity index (χ2v) is 6.77. The van der Waals surface area contributed by atoms with Gasteiger partial charge in [0.1, 0.15) is 5.82 Å². The molecule has 0 radical (unpaired) electrons. The molecule has 2 rings (SSSR count). The number of amides is 1. The van der Waals surface area contributed by atoms with Crippen molar-refractivity contribution in [3.05, 3.63) is 34.1 Å². The van der Waals surface area contributed by atoms with Crippen LogP contribution in [-0.2, 0) is 0 Å². The fourth-order valence-electron chi connectivity index (χ4n) is 2.78. The Hall–Kier alpha value is -0.420. The third-order valence-electron chi connectivity index (χ3n) is 3.98. The maximum atomic E-state index is 13.7. The Balaban J connectivity index is 1.98. The van der Waals surface area contributed by atoms with E-state index >= 15 is 0 Å². The highest BCUT2D eigenvalue weighted by molar-refractivity contribution is 9.10. The minimum Gasteiger partial charge on any atom is -0.352 e. The predicted octanol–water partition coefficient (Wildman–Crippen LogP) is 4.52. The van der Waals surface area contributed by atoms with E-state index < -0.39 is 5.82 Å². The monoisotopic (exact) mass is 405 g/mol. The van der Waals surface area contributed by atoms with Crippen molar-refractivity contribution in [3.8, 4) is 0 Å². The lowest BCUT2D eigenvalue weighted by atomic mass is 9.80. The van der Waals surface area contributed by atoms with Crippen LogP contribution in [0.5, 0.6) is 0 Å².